The van der Waals surface area contributed by atoms with Crippen LogP contribution in [0.4, 0.5) is 11.4 Å². The van der Waals surface area contributed by atoms with Gasteiger partial charge in [0.1, 0.15) is 0 Å². The van der Waals surface area contributed by atoms with Gasteiger partial charge in [0, 0.05) is 17.9 Å². The smallest absolute Gasteiger partial charge is 0.253 e. The lowest BCUT2D eigenvalue weighted by atomic mass is 10.1. The van der Waals surface area contributed by atoms with E-state index in [0.29, 0.717) is 23.5 Å². The van der Waals surface area contributed by atoms with Crippen LogP contribution in [0, 0.1) is 0 Å². The molecule has 0 radical (unpaired) electrons. The maximum absolute atomic E-state index is 12.1. The van der Waals surface area contributed by atoms with Crippen LogP contribution < -0.4 is 16.4 Å². The van der Waals surface area contributed by atoms with E-state index in [2.05, 4.69) is 17.2 Å². The molecule has 112 valence electrons. The standard InChI is InChI=1S/C17H17N3O2/c1-2-16(21)20-13-8-9-14(15(18)10-13)17(22)19-11-12-6-4-3-5-7-12/h2-10H,1,11,18H2,(H,19,22)(H,20,21). The van der Waals surface area contributed by atoms with E-state index in [-0.39, 0.29) is 11.8 Å². The van der Waals surface area contributed by atoms with E-state index in [1.165, 1.54) is 0 Å². The summed E-state index contributed by atoms with van der Waals surface area (Å²) in [6.45, 7) is 3.80. The Bertz CT molecular complexity index is 696. The largest absolute Gasteiger partial charge is 0.398 e. The summed E-state index contributed by atoms with van der Waals surface area (Å²) in [5, 5.41) is 5.39. The fourth-order valence-electron chi connectivity index (χ4n) is 1.91. The van der Waals surface area contributed by atoms with Gasteiger partial charge in [0.2, 0.25) is 5.91 Å². The molecule has 0 unspecified atom stereocenters. The second kappa shape index (κ2) is 7.08. The zero-order chi connectivity index (χ0) is 15.9. The molecule has 0 aliphatic carbocycles. The van der Waals surface area contributed by atoms with Crippen LogP contribution >= 0.6 is 0 Å². The van der Waals surface area contributed by atoms with Crippen LogP contribution in [0.1, 0.15) is 15.9 Å². The third kappa shape index (κ3) is 3.96. The van der Waals surface area contributed by atoms with Crippen molar-refractivity contribution in [2.75, 3.05) is 11.1 Å². The van der Waals surface area contributed by atoms with Gasteiger partial charge < -0.3 is 16.4 Å². The van der Waals surface area contributed by atoms with E-state index in [1.807, 2.05) is 30.3 Å². The maximum atomic E-state index is 12.1. The van der Waals surface area contributed by atoms with Crippen molar-refractivity contribution in [3.63, 3.8) is 0 Å². The summed E-state index contributed by atoms with van der Waals surface area (Å²) in [6.07, 6.45) is 1.16. The molecule has 0 aromatic heterocycles. The molecule has 4 N–H and O–H groups in total. The Morgan fingerprint density at radius 3 is 2.50 bits per heavy atom. The Hall–Kier alpha value is -3.08. The van der Waals surface area contributed by atoms with E-state index >= 15 is 0 Å². The first-order valence-corrected chi connectivity index (χ1v) is 6.75. The number of carbonyl (C=O) groups is 2. The zero-order valence-corrected chi connectivity index (χ0v) is 12.0. The number of hydrogen-bond donors (Lipinski definition) is 3. The predicted molar refractivity (Wildman–Crippen MR) is 87.3 cm³/mol. The minimum absolute atomic E-state index is 0.261. The maximum Gasteiger partial charge on any atom is 0.253 e. The summed E-state index contributed by atoms with van der Waals surface area (Å²) in [7, 11) is 0. The van der Waals surface area contributed by atoms with E-state index in [4.69, 9.17) is 5.73 Å². The average molecular weight is 295 g/mol. The van der Waals surface area contributed by atoms with Crippen LogP contribution in [0.15, 0.2) is 61.2 Å². The highest BCUT2D eigenvalue weighted by atomic mass is 16.2. The van der Waals surface area contributed by atoms with Crippen LogP contribution in [0.2, 0.25) is 0 Å². The van der Waals surface area contributed by atoms with Crippen molar-refractivity contribution in [3.05, 3.63) is 72.3 Å². The number of nitrogens with two attached hydrogens (primary N) is 1. The first kappa shape index (κ1) is 15.3. The molecule has 0 saturated carbocycles. The molecule has 2 amide bonds. The third-order valence-corrected chi connectivity index (χ3v) is 3.05. The molecule has 5 heteroatoms. The van der Waals surface area contributed by atoms with Gasteiger partial charge in [0.25, 0.3) is 5.91 Å². The number of anilines is 2. The second-order valence-electron chi connectivity index (χ2n) is 4.66. The lowest BCUT2D eigenvalue weighted by molar-refractivity contribution is -0.111. The van der Waals surface area contributed by atoms with Gasteiger partial charge in [0.15, 0.2) is 0 Å². The van der Waals surface area contributed by atoms with Crippen molar-refractivity contribution in [2.45, 2.75) is 6.54 Å². The second-order valence-corrected chi connectivity index (χ2v) is 4.66. The summed E-state index contributed by atoms with van der Waals surface area (Å²) < 4.78 is 0. The quantitative estimate of drug-likeness (QED) is 0.584. The first-order valence-electron chi connectivity index (χ1n) is 6.75. The lowest BCUT2D eigenvalue weighted by Gasteiger charge is -2.09. The Labute approximate surface area is 128 Å². The molecule has 0 aliphatic heterocycles. The number of nitrogen functional groups attached to an aromatic ring is 1. The highest BCUT2D eigenvalue weighted by Crippen LogP contribution is 2.18. The first-order chi connectivity index (χ1) is 10.6. The van der Waals surface area contributed by atoms with Crippen molar-refractivity contribution in [1.29, 1.82) is 0 Å². The van der Waals surface area contributed by atoms with E-state index in [1.54, 1.807) is 18.2 Å². The van der Waals surface area contributed by atoms with Crippen LogP contribution in [-0.4, -0.2) is 11.8 Å². The van der Waals surface area contributed by atoms with Crippen molar-refractivity contribution in [2.24, 2.45) is 0 Å². The third-order valence-electron chi connectivity index (χ3n) is 3.05. The van der Waals surface area contributed by atoms with Gasteiger partial charge in [-0.05, 0) is 29.8 Å². The summed E-state index contributed by atoms with van der Waals surface area (Å²) in [5.41, 5.74) is 8.06. The lowest BCUT2D eigenvalue weighted by Crippen LogP contribution is -2.23. The molecule has 0 spiro atoms. The number of rotatable bonds is 5. The molecule has 0 fully saturated rings. The number of nitrogens with one attached hydrogen (secondary N) is 2. The molecule has 2 aromatic rings. The molecule has 22 heavy (non-hydrogen) atoms. The summed E-state index contributed by atoms with van der Waals surface area (Å²) in [5.74, 6) is -0.594. The Morgan fingerprint density at radius 2 is 1.86 bits per heavy atom. The summed E-state index contributed by atoms with van der Waals surface area (Å²) in [4.78, 5) is 23.4. The Balaban J connectivity index is 2.03. The molecular formula is C17H17N3O2. The van der Waals surface area contributed by atoms with Gasteiger partial charge in [-0.15, -0.1) is 0 Å². The molecule has 0 atom stereocenters. The van der Waals surface area contributed by atoms with Gasteiger partial charge in [-0.3, -0.25) is 9.59 Å². The van der Waals surface area contributed by atoms with Crippen molar-refractivity contribution >= 4 is 23.2 Å². The van der Waals surface area contributed by atoms with Crippen LogP contribution in [0.25, 0.3) is 0 Å². The molecule has 2 aromatic carbocycles. The van der Waals surface area contributed by atoms with E-state index < -0.39 is 0 Å². The zero-order valence-electron chi connectivity index (χ0n) is 12.0. The molecule has 5 nitrogen and oxygen atoms in total. The predicted octanol–water partition coefficient (Wildman–Crippen LogP) is 2.32. The van der Waals surface area contributed by atoms with Crippen LogP contribution in [-0.2, 0) is 11.3 Å². The van der Waals surface area contributed by atoms with Gasteiger partial charge >= 0.3 is 0 Å². The van der Waals surface area contributed by atoms with E-state index in [9.17, 15) is 9.59 Å². The number of benzene rings is 2. The molecule has 0 saturated heterocycles. The van der Waals surface area contributed by atoms with Gasteiger partial charge in [-0.25, -0.2) is 0 Å². The molecule has 0 bridgehead atoms. The van der Waals surface area contributed by atoms with Crippen molar-refractivity contribution in [1.82, 2.24) is 5.32 Å². The minimum atomic E-state index is -0.333. The number of carbonyl (C=O) groups excluding carboxylic acids is 2. The normalized spacial score (nSPS) is 9.82. The van der Waals surface area contributed by atoms with E-state index in [0.717, 1.165) is 11.6 Å². The van der Waals surface area contributed by atoms with Crippen molar-refractivity contribution < 1.29 is 9.59 Å². The highest BCUT2D eigenvalue weighted by Gasteiger charge is 2.10. The Morgan fingerprint density at radius 1 is 1.14 bits per heavy atom. The highest BCUT2D eigenvalue weighted by molar-refractivity contribution is 6.02. The van der Waals surface area contributed by atoms with Gasteiger partial charge in [-0.1, -0.05) is 36.9 Å². The molecule has 2 rings (SSSR count). The summed E-state index contributed by atoms with van der Waals surface area (Å²) >= 11 is 0. The van der Waals surface area contributed by atoms with Crippen LogP contribution in [0.3, 0.4) is 0 Å². The molecular weight excluding hydrogens is 278 g/mol. The topological polar surface area (TPSA) is 84.2 Å². The fraction of sp³-hybridized carbons (Fsp3) is 0.0588. The minimum Gasteiger partial charge on any atom is -0.398 e. The molecule has 0 heterocycles. The van der Waals surface area contributed by atoms with Gasteiger partial charge in [0.05, 0.1) is 5.56 Å². The monoisotopic (exact) mass is 295 g/mol. The number of amides is 2. The SMILES string of the molecule is C=CC(=O)Nc1ccc(C(=O)NCc2ccccc2)c(N)c1. The van der Waals surface area contributed by atoms with Crippen molar-refractivity contribution in [3.8, 4) is 0 Å². The molecule has 0 aliphatic rings. The summed E-state index contributed by atoms with van der Waals surface area (Å²) in [6, 6.07) is 14.3. The van der Waals surface area contributed by atoms with Crippen LogP contribution in [0.5, 0.6) is 0 Å². The fourth-order valence-corrected chi connectivity index (χ4v) is 1.91. The Kier molecular flexibility index (Phi) is 4.93. The van der Waals surface area contributed by atoms with Gasteiger partial charge in [-0.2, -0.15) is 0 Å². The average Bonchev–Trinajstić information content (AvgIpc) is 2.53. The number of hydrogen-bond acceptors (Lipinski definition) is 3.